The van der Waals surface area contributed by atoms with Gasteiger partial charge in [-0.15, -0.1) is 0 Å². The fraction of sp³-hybridized carbons (Fsp3) is 0.125. The smallest absolute Gasteiger partial charge is 0.310 e. The highest BCUT2D eigenvalue weighted by Gasteiger charge is 2.15. The summed E-state index contributed by atoms with van der Waals surface area (Å²) in [7, 11) is 0. The first-order chi connectivity index (χ1) is 12.9. The summed E-state index contributed by atoms with van der Waals surface area (Å²) in [5.74, 6) is -0.873. The molecule has 2 rings (SSSR count). The molecule has 0 fully saturated rings. The summed E-state index contributed by atoms with van der Waals surface area (Å²) in [6.45, 7) is -0.838. The fourth-order valence-electron chi connectivity index (χ4n) is 1.82. The Kier molecular flexibility index (Phi) is 7.55. The summed E-state index contributed by atoms with van der Waals surface area (Å²) in [6.07, 6.45) is 0. The van der Waals surface area contributed by atoms with Gasteiger partial charge in [0.05, 0.1) is 9.40 Å². The van der Waals surface area contributed by atoms with Gasteiger partial charge in [-0.05, 0) is 40.2 Å². The number of halogens is 2. The Bertz CT molecular complexity index is 862. The molecular weight excluding hydrogens is 490 g/mol. The van der Waals surface area contributed by atoms with Crippen LogP contribution in [0.4, 0.5) is 5.69 Å². The largest absolute Gasteiger partial charge is 0.483 e. The highest BCUT2D eigenvalue weighted by atomic mass is 79.9. The van der Waals surface area contributed by atoms with Crippen molar-refractivity contribution in [1.29, 1.82) is 0 Å². The van der Waals surface area contributed by atoms with Crippen LogP contribution in [0.1, 0.15) is 0 Å². The lowest BCUT2D eigenvalue weighted by atomic mass is 10.3. The number of hydrogen-bond acceptors (Lipinski definition) is 6. The zero-order valence-electron chi connectivity index (χ0n) is 13.6. The van der Waals surface area contributed by atoms with Crippen LogP contribution in [0.2, 0.25) is 0 Å². The summed E-state index contributed by atoms with van der Waals surface area (Å²) in [5.41, 5.74) is 4.02. The number of para-hydroxylation sites is 2. The van der Waals surface area contributed by atoms with Gasteiger partial charge in [0.25, 0.3) is 11.8 Å². The van der Waals surface area contributed by atoms with Gasteiger partial charge in [-0.25, -0.2) is 0 Å². The van der Waals surface area contributed by atoms with Gasteiger partial charge < -0.3 is 9.47 Å². The van der Waals surface area contributed by atoms with Gasteiger partial charge in [0.1, 0.15) is 5.75 Å². The lowest BCUT2D eigenvalue weighted by Crippen LogP contribution is -2.45. The van der Waals surface area contributed by atoms with E-state index in [0.29, 0.717) is 10.2 Å². The van der Waals surface area contributed by atoms with Crippen LogP contribution in [0.15, 0.2) is 51.4 Å². The van der Waals surface area contributed by atoms with Crippen LogP contribution in [-0.4, -0.2) is 30.0 Å². The van der Waals surface area contributed by atoms with Gasteiger partial charge in [0.15, 0.2) is 19.0 Å². The number of nitro groups is 1. The molecule has 0 saturated heterocycles. The molecule has 0 unspecified atom stereocenters. The Hall–Kier alpha value is -2.66. The predicted octanol–water partition coefficient (Wildman–Crippen LogP) is 2.73. The standard InChI is InChI=1S/C16H13Br2N3O6/c17-10-5-6-13(11(18)7-10)26-8-15(22)19-20-16(23)9-27-14-4-2-1-3-12(14)21(24)25/h1-7H,8-9H2,(H,19,22)(H,20,23). The molecule has 0 bridgehead atoms. The van der Waals surface area contributed by atoms with Crippen molar-refractivity contribution < 1.29 is 24.0 Å². The molecule has 2 N–H and O–H groups in total. The highest BCUT2D eigenvalue weighted by Crippen LogP contribution is 2.28. The lowest BCUT2D eigenvalue weighted by molar-refractivity contribution is -0.385. The third kappa shape index (κ3) is 6.53. The Morgan fingerprint density at radius 2 is 1.56 bits per heavy atom. The van der Waals surface area contributed by atoms with E-state index in [0.717, 1.165) is 4.47 Å². The van der Waals surface area contributed by atoms with Crippen molar-refractivity contribution in [2.45, 2.75) is 0 Å². The maximum absolute atomic E-state index is 11.7. The number of hydrazine groups is 1. The van der Waals surface area contributed by atoms with Gasteiger partial charge >= 0.3 is 5.69 Å². The Morgan fingerprint density at radius 3 is 2.15 bits per heavy atom. The predicted molar refractivity (Wildman–Crippen MR) is 102 cm³/mol. The van der Waals surface area contributed by atoms with Crippen molar-refractivity contribution >= 4 is 49.4 Å². The molecule has 142 valence electrons. The van der Waals surface area contributed by atoms with Crippen molar-refractivity contribution in [3.05, 3.63) is 61.5 Å². The zero-order chi connectivity index (χ0) is 19.8. The molecule has 0 aliphatic rings. The molecule has 2 amide bonds. The maximum Gasteiger partial charge on any atom is 0.310 e. The molecular formula is C16H13Br2N3O6. The lowest BCUT2D eigenvalue weighted by Gasteiger charge is -2.10. The molecule has 0 heterocycles. The van der Waals surface area contributed by atoms with Crippen molar-refractivity contribution in [1.82, 2.24) is 10.9 Å². The first kappa shape index (κ1) is 20.6. The van der Waals surface area contributed by atoms with Gasteiger partial charge in [-0.1, -0.05) is 28.1 Å². The summed E-state index contributed by atoms with van der Waals surface area (Å²) < 4.78 is 11.9. The van der Waals surface area contributed by atoms with Crippen molar-refractivity contribution in [3.8, 4) is 11.5 Å². The summed E-state index contributed by atoms with van der Waals surface area (Å²) in [5, 5.41) is 10.9. The van der Waals surface area contributed by atoms with E-state index in [2.05, 4.69) is 42.7 Å². The highest BCUT2D eigenvalue weighted by molar-refractivity contribution is 9.11. The minimum absolute atomic E-state index is 0.0487. The number of hydrogen-bond donors (Lipinski definition) is 2. The summed E-state index contributed by atoms with van der Waals surface area (Å²) >= 11 is 6.60. The topological polar surface area (TPSA) is 120 Å². The van der Waals surface area contributed by atoms with E-state index in [4.69, 9.17) is 9.47 Å². The summed E-state index contributed by atoms with van der Waals surface area (Å²) in [6, 6.07) is 10.8. The van der Waals surface area contributed by atoms with Gasteiger partial charge in [-0.3, -0.25) is 30.6 Å². The van der Waals surface area contributed by atoms with Crippen LogP contribution in [0, 0.1) is 10.1 Å². The average Bonchev–Trinajstić information content (AvgIpc) is 2.64. The van der Waals surface area contributed by atoms with E-state index in [-0.39, 0.29) is 18.0 Å². The van der Waals surface area contributed by atoms with Crippen LogP contribution >= 0.6 is 31.9 Å². The van der Waals surface area contributed by atoms with E-state index in [1.165, 1.54) is 18.2 Å². The van der Waals surface area contributed by atoms with E-state index in [1.807, 2.05) is 0 Å². The van der Waals surface area contributed by atoms with E-state index < -0.39 is 23.3 Å². The normalized spacial score (nSPS) is 10.0. The third-order valence-electron chi connectivity index (χ3n) is 3.01. The molecule has 0 radical (unpaired) electrons. The van der Waals surface area contributed by atoms with E-state index in [9.17, 15) is 19.7 Å². The monoisotopic (exact) mass is 501 g/mol. The second-order valence-corrected chi connectivity index (χ2v) is 6.74. The Balaban J connectivity index is 1.75. The zero-order valence-corrected chi connectivity index (χ0v) is 16.8. The Labute approximate surface area is 170 Å². The molecule has 9 nitrogen and oxygen atoms in total. The SMILES string of the molecule is O=C(COc1ccc(Br)cc1Br)NNC(=O)COc1ccccc1[N+](=O)[O-]. The first-order valence-corrected chi connectivity index (χ1v) is 8.97. The van der Waals surface area contributed by atoms with Crippen molar-refractivity contribution in [2.75, 3.05) is 13.2 Å². The van der Waals surface area contributed by atoms with Gasteiger partial charge in [0.2, 0.25) is 0 Å². The van der Waals surface area contributed by atoms with Gasteiger partial charge in [-0.2, -0.15) is 0 Å². The Morgan fingerprint density at radius 1 is 0.963 bits per heavy atom. The number of rotatable bonds is 7. The van der Waals surface area contributed by atoms with E-state index >= 15 is 0 Å². The minimum Gasteiger partial charge on any atom is -0.483 e. The fourth-order valence-corrected chi connectivity index (χ4v) is 2.98. The van der Waals surface area contributed by atoms with Gasteiger partial charge in [0, 0.05) is 10.5 Å². The molecule has 27 heavy (non-hydrogen) atoms. The summed E-state index contributed by atoms with van der Waals surface area (Å²) in [4.78, 5) is 33.6. The number of nitrogens with one attached hydrogen (secondary N) is 2. The van der Waals surface area contributed by atoms with Crippen LogP contribution in [-0.2, 0) is 9.59 Å². The second kappa shape index (κ2) is 9.88. The molecule has 0 atom stereocenters. The minimum atomic E-state index is -0.689. The number of carbonyl (C=O) groups excluding carboxylic acids is 2. The molecule has 0 spiro atoms. The quantitative estimate of drug-likeness (QED) is 0.443. The molecule has 0 aliphatic heterocycles. The average molecular weight is 503 g/mol. The molecule has 0 aromatic heterocycles. The van der Waals surface area contributed by atoms with Crippen LogP contribution in [0.25, 0.3) is 0 Å². The number of ether oxygens (including phenoxy) is 2. The maximum atomic E-state index is 11.7. The van der Waals surface area contributed by atoms with Crippen molar-refractivity contribution in [2.24, 2.45) is 0 Å². The number of carbonyl (C=O) groups is 2. The molecule has 2 aromatic rings. The van der Waals surface area contributed by atoms with E-state index in [1.54, 1.807) is 24.3 Å². The van der Waals surface area contributed by atoms with Crippen LogP contribution in [0.3, 0.4) is 0 Å². The third-order valence-corrected chi connectivity index (χ3v) is 4.13. The van der Waals surface area contributed by atoms with Crippen LogP contribution < -0.4 is 20.3 Å². The number of nitro benzene ring substituents is 1. The number of benzene rings is 2. The first-order valence-electron chi connectivity index (χ1n) is 7.38. The number of nitrogens with zero attached hydrogens (tertiary/aromatic N) is 1. The molecule has 0 saturated carbocycles. The molecule has 0 aliphatic carbocycles. The molecule has 2 aromatic carbocycles. The second-order valence-electron chi connectivity index (χ2n) is 4.97. The van der Waals surface area contributed by atoms with Crippen molar-refractivity contribution in [3.63, 3.8) is 0 Å². The molecule has 11 heteroatoms. The number of amides is 2. The van der Waals surface area contributed by atoms with Crippen LogP contribution in [0.5, 0.6) is 11.5 Å².